The van der Waals surface area contributed by atoms with Crippen LogP contribution in [0.5, 0.6) is 0 Å². The Bertz CT molecular complexity index is 608. The third-order valence-corrected chi connectivity index (χ3v) is 5.56. The van der Waals surface area contributed by atoms with Crippen LogP contribution in [0.4, 0.5) is 0 Å². The maximum atomic E-state index is 11.4. The van der Waals surface area contributed by atoms with Crippen molar-refractivity contribution in [2.75, 3.05) is 52.4 Å². The average Bonchev–Trinajstić information content (AvgIpc) is 3.06. The molecule has 0 bridgehead atoms. The van der Waals surface area contributed by atoms with Gasteiger partial charge in [-0.05, 0) is 19.1 Å². The van der Waals surface area contributed by atoms with Crippen LogP contribution in [0.1, 0.15) is 24.8 Å². The average molecular weight is 530 g/mol. The highest BCUT2D eigenvalue weighted by Gasteiger charge is 2.18. The van der Waals surface area contributed by atoms with Gasteiger partial charge in [0.2, 0.25) is 5.91 Å². The number of nitrogens with one attached hydrogen (secondary N) is 2. The third kappa shape index (κ3) is 8.51. The number of halogens is 2. The number of hydrogen-bond acceptors (Lipinski definition) is 5. The van der Waals surface area contributed by atoms with Crippen LogP contribution in [0, 0.1) is 0 Å². The van der Waals surface area contributed by atoms with Crippen LogP contribution < -0.4 is 10.6 Å². The van der Waals surface area contributed by atoms with Gasteiger partial charge in [-0.3, -0.25) is 14.7 Å². The van der Waals surface area contributed by atoms with Gasteiger partial charge in [0.1, 0.15) is 6.10 Å². The van der Waals surface area contributed by atoms with Crippen LogP contribution in [-0.2, 0) is 4.79 Å². The Morgan fingerprint density at radius 1 is 1.33 bits per heavy atom. The zero-order chi connectivity index (χ0) is 18.9. The molecule has 0 aliphatic carbocycles. The molecule has 1 unspecified atom stereocenters. The summed E-state index contributed by atoms with van der Waals surface area (Å²) in [6.45, 7) is 9.68. The second-order valence-electron chi connectivity index (χ2n) is 6.15. The summed E-state index contributed by atoms with van der Waals surface area (Å²) in [5.41, 5.74) is 0. The first-order chi connectivity index (χ1) is 12.5. The lowest BCUT2D eigenvalue weighted by Crippen LogP contribution is -2.50. The normalized spacial score (nSPS) is 16.6. The minimum absolute atomic E-state index is 0. The molecule has 0 aromatic carbocycles. The number of carbonyl (C=O) groups excluding carboxylic acids is 1. The quantitative estimate of drug-likeness (QED) is 0.285. The fraction of sp³-hybridized carbons (Fsp3) is 0.647. The Morgan fingerprint density at radius 2 is 2.04 bits per heavy atom. The van der Waals surface area contributed by atoms with Crippen LogP contribution in [0.15, 0.2) is 17.1 Å². The SMILES string of the molecule is CCNC(=NCC(O)c1ccc(Cl)s1)NCCN1CCN(C(C)=O)CC1.I. The molecule has 1 amide bonds. The second-order valence-corrected chi connectivity index (χ2v) is 7.90. The molecule has 1 fully saturated rings. The summed E-state index contributed by atoms with van der Waals surface area (Å²) < 4.78 is 0.665. The number of thiophene rings is 1. The zero-order valence-corrected chi connectivity index (χ0v) is 19.7. The van der Waals surface area contributed by atoms with E-state index in [0.29, 0.717) is 10.3 Å². The fourth-order valence-corrected chi connectivity index (χ4v) is 3.77. The highest BCUT2D eigenvalue weighted by atomic mass is 127. The van der Waals surface area contributed by atoms with E-state index in [1.807, 2.05) is 17.9 Å². The van der Waals surface area contributed by atoms with E-state index in [9.17, 15) is 9.90 Å². The van der Waals surface area contributed by atoms with Gasteiger partial charge >= 0.3 is 0 Å². The molecular weight excluding hydrogens is 501 g/mol. The molecule has 2 heterocycles. The zero-order valence-electron chi connectivity index (χ0n) is 15.8. The predicted octanol–water partition coefficient (Wildman–Crippen LogP) is 1.77. The van der Waals surface area contributed by atoms with E-state index < -0.39 is 6.10 Å². The summed E-state index contributed by atoms with van der Waals surface area (Å²) in [6, 6.07) is 3.61. The minimum Gasteiger partial charge on any atom is -0.386 e. The molecule has 0 saturated carbocycles. The Kier molecular flexibility index (Phi) is 11.5. The van der Waals surface area contributed by atoms with Crippen molar-refractivity contribution >= 4 is 58.8 Å². The first kappa shape index (κ1) is 24.4. The maximum Gasteiger partial charge on any atom is 0.219 e. The van der Waals surface area contributed by atoms with E-state index in [-0.39, 0.29) is 36.4 Å². The Labute approximate surface area is 187 Å². The molecule has 1 aliphatic heterocycles. The van der Waals surface area contributed by atoms with Gasteiger partial charge in [-0.25, -0.2) is 0 Å². The highest BCUT2D eigenvalue weighted by Crippen LogP contribution is 2.26. The number of amides is 1. The number of hydrogen-bond donors (Lipinski definition) is 3. The van der Waals surface area contributed by atoms with Gasteiger partial charge in [0.25, 0.3) is 0 Å². The number of guanidine groups is 1. The van der Waals surface area contributed by atoms with Gasteiger partial charge < -0.3 is 20.6 Å². The van der Waals surface area contributed by atoms with Crippen molar-refractivity contribution < 1.29 is 9.90 Å². The smallest absolute Gasteiger partial charge is 0.219 e. The largest absolute Gasteiger partial charge is 0.386 e. The third-order valence-electron chi connectivity index (χ3n) is 4.23. The molecule has 1 aromatic rings. The van der Waals surface area contributed by atoms with Gasteiger partial charge in [0.05, 0.1) is 10.9 Å². The first-order valence-electron chi connectivity index (χ1n) is 8.93. The molecule has 3 N–H and O–H groups in total. The molecule has 0 spiro atoms. The van der Waals surface area contributed by atoms with Gasteiger partial charge in [-0.1, -0.05) is 11.6 Å². The van der Waals surface area contributed by atoms with Crippen molar-refractivity contribution in [2.45, 2.75) is 20.0 Å². The summed E-state index contributed by atoms with van der Waals surface area (Å²) in [6.07, 6.45) is -0.650. The molecule has 1 aromatic heterocycles. The summed E-state index contributed by atoms with van der Waals surface area (Å²) >= 11 is 7.28. The lowest BCUT2D eigenvalue weighted by atomic mass is 10.3. The Hall–Kier alpha value is -0.620. The Balaban J connectivity index is 0.00000364. The monoisotopic (exact) mass is 529 g/mol. The van der Waals surface area contributed by atoms with Gasteiger partial charge in [-0.2, -0.15) is 0 Å². The highest BCUT2D eigenvalue weighted by molar-refractivity contribution is 14.0. The minimum atomic E-state index is -0.650. The van der Waals surface area contributed by atoms with Gasteiger partial charge in [0, 0.05) is 57.6 Å². The van der Waals surface area contributed by atoms with Crippen LogP contribution >= 0.6 is 46.9 Å². The predicted molar refractivity (Wildman–Crippen MR) is 122 cm³/mol. The molecule has 2 rings (SSSR count). The first-order valence-corrected chi connectivity index (χ1v) is 10.1. The molecule has 7 nitrogen and oxygen atoms in total. The van der Waals surface area contributed by atoms with Crippen LogP contribution in [0.3, 0.4) is 0 Å². The lowest BCUT2D eigenvalue weighted by Gasteiger charge is -2.34. The molecular formula is C17H29ClIN5O2S. The van der Waals surface area contributed by atoms with Crippen molar-refractivity contribution in [1.29, 1.82) is 0 Å². The van der Waals surface area contributed by atoms with Crippen molar-refractivity contribution in [1.82, 2.24) is 20.4 Å². The van der Waals surface area contributed by atoms with Crippen molar-refractivity contribution in [3.8, 4) is 0 Å². The molecule has 154 valence electrons. The van der Waals surface area contributed by atoms with E-state index in [1.54, 1.807) is 13.0 Å². The summed E-state index contributed by atoms with van der Waals surface area (Å²) in [5, 5.41) is 16.7. The number of aliphatic imine (C=N–C) groups is 1. The van der Waals surface area contributed by atoms with E-state index in [4.69, 9.17) is 11.6 Å². The lowest BCUT2D eigenvalue weighted by molar-refractivity contribution is -0.130. The number of rotatable bonds is 7. The topological polar surface area (TPSA) is 80.2 Å². The molecule has 1 saturated heterocycles. The van der Waals surface area contributed by atoms with Crippen molar-refractivity contribution in [3.05, 3.63) is 21.3 Å². The molecule has 27 heavy (non-hydrogen) atoms. The fourth-order valence-electron chi connectivity index (χ4n) is 2.74. The van der Waals surface area contributed by atoms with E-state index in [0.717, 1.165) is 50.7 Å². The van der Waals surface area contributed by atoms with E-state index in [1.165, 1.54) is 11.3 Å². The number of aliphatic hydroxyl groups is 1. The molecule has 10 heteroatoms. The van der Waals surface area contributed by atoms with Crippen LogP contribution in [0.25, 0.3) is 0 Å². The standard InChI is InChI=1S/C17H28ClN5O2S.HI/c1-3-19-17(21-12-14(25)15-4-5-16(18)26-15)20-6-7-22-8-10-23(11-9-22)13(2)24;/h4-5,14,25H,3,6-12H2,1-2H3,(H2,19,20,21);1H. The summed E-state index contributed by atoms with van der Waals surface area (Å²) in [7, 11) is 0. The van der Waals surface area contributed by atoms with Crippen LogP contribution in [0.2, 0.25) is 4.34 Å². The van der Waals surface area contributed by atoms with E-state index in [2.05, 4.69) is 20.5 Å². The molecule has 1 aliphatic rings. The van der Waals surface area contributed by atoms with Gasteiger partial charge in [0.15, 0.2) is 5.96 Å². The number of carbonyl (C=O) groups is 1. The summed E-state index contributed by atoms with van der Waals surface area (Å²) in [5.74, 6) is 0.839. The number of aliphatic hydroxyl groups excluding tert-OH is 1. The second kappa shape index (κ2) is 12.8. The van der Waals surface area contributed by atoms with E-state index >= 15 is 0 Å². The maximum absolute atomic E-state index is 11.4. The number of piperazine rings is 1. The molecule has 1 atom stereocenters. The molecule has 0 radical (unpaired) electrons. The number of nitrogens with zero attached hydrogens (tertiary/aromatic N) is 3. The van der Waals surface area contributed by atoms with Crippen molar-refractivity contribution in [2.24, 2.45) is 4.99 Å². The Morgan fingerprint density at radius 3 is 2.59 bits per heavy atom. The summed E-state index contributed by atoms with van der Waals surface area (Å²) in [4.78, 5) is 20.8. The van der Waals surface area contributed by atoms with Crippen molar-refractivity contribution in [3.63, 3.8) is 0 Å². The van der Waals surface area contributed by atoms with Crippen LogP contribution in [-0.4, -0.2) is 79.1 Å². The van der Waals surface area contributed by atoms with Gasteiger partial charge in [-0.15, -0.1) is 35.3 Å².